The third-order valence-electron chi connectivity index (χ3n) is 4.23. The van der Waals surface area contributed by atoms with Crippen molar-refractivity contribution >= 4 is 17.6 Å². The van der Waals surface area contributed by atoms with Crippen LogP contribution in [0.2, 0.25) is 0 Å². The predicted molar refractivity (Wildman–Crippen MR) is 78.5 cm³/mol. The lowest BCUT2D eigenvalue weighted by atomic mass is 9.75. The van der Waals surface area contributed by atoms with Crippen molar-refractivity contribution in [2.75, 3.05) is 18.4 Å². The number of carbonyl (C=O) groups is 2. The molecule has 1 amide bonds. The van der Waals surface area contributed by atoms with E-state index in [0.29, 0.717) is 12.2 Å². The number of nitrogens with one attached hydrogen (secondary N) is 2. The molecular formula is C15H20N2O4. The first-order valence-corrected chi connectivity index (χ1v) is 6.95. The zero-order valence-electron chi connectivity index (χ0n) is 12.1. The standard InChI is InChI=1S/C15H20N2O4/c1-9(2)15(5-6-16-8-15)14(21)17-10-3-4-11(13(19)20)12(18)7-10/h3-4,7,9,16,18H,5-6,8H2,1-2H3,(H,17,21)(H,19,20). The molecule has 114 valence electrons. The quantitative estimate of drug-likeness (QED) is 0.676. The van der Waals surface area contributed by atoms with Gasteiger partial charge in [-0.1, -0.05) is 13.8 Å². The first kappa shape index (κ1) is 15.3. The van der Waals surface area contributed by atoms with Gasteiger partial charge in [0, 0.05) is 18.3 Å². The fourth-order valence-electron chi connectivity index (χ4n) is 2.71. The Balaban J connectivity index is 2.19. The molecule has 1 unspecified atom stereocenters. The van der Waals surface area contributed by atoms with Crippen LogP contribution in [-0.4, -0.2) is 35.2 Å². The van der Waals surface area contributed by atoms with Gasteiger partial charge in [0.05, 0.1) is 5.41 Å². The van der Waals surface area contributed by atoms with Crippen molar-refractivity contribution in [3.05, 3.63) is 23.8 Å². The molecule has 0 spiro atoms. The second-order valence-electron chi connectivity index (χ2n) is 5.73. The second-order valence-corrected chi connectivity index (χ2v) is 5.73. The molecule has 6 nitrogen and oxygen atoms in total. The number of aromatic hydroxyl groups is 1. The monoisotopic (exact) mass is 292 g/mol. The lowest BCUT2D eigenvalue weighted by Crippen LogP contribution is -2.42. The van der Waals surface area contributed by atoms with E-state index in [1.807, 2.05) is 13.8 Å². The Kier molecular flexibility index (Phi) is 4.18. The zero-order chi connectivity index (χ0) is 15.6. The van der Waals surface area contributed by atoms with Crippen LogP contribution in [0.15, 0.2) is 18.2 Å². The number of carboxylic acid groups (broad SMARTS) is 1. The van der Waals surface area contributed by atoms with Crippen LogP contribution in [0.3, 0.4) is 0 Å². The van der Waals surface area contributed by atoms with Crippen molar-refractivity contribution in [1.29, 1.82) is 0 Å². The van der Waals surface area contributed by atoms with Gasteiger partial charge < -0.3 is 20.8 Å². The molecule has 1 heterocycles. The molecule has 1 saturated heterocycles. The van der Waals surface area contributed by atoms with Gasteiger partial charge in [0.2, 0.25) is 5.91 Å². The number of phenols is 1. The first-order chi connectivity index (χ1) is 9.86. The summed E-state index contributed by atoms with van der Waals surface area (Å²) in [6.07, 6.45) is 0.760. The summed E-state index contributed by atoms with van der Waals surface area (Å²) < 4.78 is 0. The molecule has 0 saturated carbocycles. The number of rotatable bonds is 4. The SMILES string of the molecule is CC(C)C1(C(=O)Nc2ccc(C(=O)O)c(O)c2)CCNC1. The molecule has 1 aromatic carbocycles. The molecule has 2 rings (SSSR count). The molecule has 1 aliphatic heterocycles. The van der Waals surface area contributed by atoms with E-state index < -0.39 is 11.4 Å². The molecule has 0 aromatic heterocycles. The van der Waals surface area contributed by atoms with Gasteiger partial charge in [0.1, 0.15) is 11.3 Å². The third kappa shape index (κ3) is 2.85. The summed E-state index contributed by atoms with van der Waals surface area (Å²) in [6, 6.07) is 4.03. The van der Waals surface area contributed by atoms with E-state index in [9.17, 15) is 14.7 Å². The minimum atomic E-state index is -1.20. The van der Waals surface area contributed by atoms with E-state index in [0.717, 1.165) is 13.0 Å². The summed E-state index contributed by atoms with van der Waals surface area (Å²) in [5, 5.41) is 24.5. The zero-order valence-corrected chi connectivity index (χ0v) is 12.1. The average molecular weight is 292 g/mol. The average Bonchev–Trinajstić information content (AvgIpc) is 2.88. The molecule has 21 heavy (non-hydrogen) atoms. The molecule has 1 fully saturated rings. The van der Waals surface area contributed by atoms with Gasteiger partial charge in [-0.05, 0) is 31.0 Å². The van der Waals surface area contributed by atoms with E-state index >= 15 is 0 Å². The van der Waals surface area contributed by atoms with Crippen LogP contribution in [0, 0.1) is 11.3 Å². The Labute approximate surface area is 123 Å². The number of carboxylic acids is 1. The van der Waals surface area contributed by atoms with E-state index in [4.69, 9.17) is 5.11 Å². The molecule has 4 N–H and O–H groups in total. The van der Waals surface area contributed by atoms with E-state index in [1.54, 1.807) is 0 Å². The van der Waals surface area contributed by atoms with Crippen LogP contribution in [-0.2, 0) is 4.79 Å². The van der Waals surface area contributed by atoms with Crippen molar-refractivity contribution in [1.82, 2.24) is 5.32 Å². The third-order valence-corrected chi connectivity index (χ3v) is 4.23. The maximum atomic E-state index is 12.6. The van der Waals surface area contributed by atoms with E-state index in [1.165, 1.54) is 18.2 Å². The van der Waals surface area contributed by atoms with Crippen molar-refractivity contribution in [3.8, 4) is 5.75 Å². The number of hydrogen-bond acceptors (Lipinski definition) is 4. The molecule has 0 aliphatic carbocycles. The van der Waals surface area contributed by atoms with Crippen molar-refractivity contribution in [2.45, 2.75) is 20.3 Å². The Morgan fingerprint density at radius 2 is 2.10 bits per heavy atom. The highest BCUT2D eigenvalue weighted by Gasteiger charge is 2.43. The van der Waals surface area contributed by atoms with Gasteiger partial charge in [-0.15, -0.1) is 0 Å². The number of benzene rings is 1. The van der Waals surface area contributed by atoms with Crippen LogP contribution in [0.1, 0.15) is 30.6 Å². The summed E-state index contributed by atoms with van der Waals surface area (Å²) in [5.74, 6) is -1.49. The largest absolute Gasteiger partial charge is 0.507 e. The summed E-state index contributed by atoms with van der Waals surface area (Å²) in [4.78, 5) is 23.4. The normalized spacial score (nSPS) is 21.5. The highest BCUT2D eigenvalue weighted by atomic mass is 16.4. The number of carbonyl (C=O) groups excluding carboxylic acids is 1. The molecule has 6 heteroatoms. The van der Waals surface area contributed by atoms with Gasteiger partial charge in [-0.25, -0.2) is 4.79 Å². The number of hydrogen-bond donors (Lipinski definition) is 4. The van der Waals surface area contributed by atoms with E-state index in [-0.39, 0.29) is 23.1 Å². The van der Waals surface area contributed by atoms with Gasteiger partial charge >= 0.3 is 5.97 Å². The summed E-state index contributed by atoms with van der Waals surface area (Å²) in [5.41, 5.74) is -0.260. The fraction of sp³-hybridized carbons (Fsp3) is 0.467. The van der Waals surface area contributed by atoms with Gasteiger partial charge in [-0.3, -0.25) is 4.79 Å². The molecule has 0 bridgehead atoms. The van der Waals surface area contributed by atoms with Gasteiger partial charge in [-0.2, -0.15) is 0 Å². The van der Waals surface area contributed by atoms with Crippen LogP contribution >= 0.6 is 0 Å². The first-order valence-electron chi connectivity index (χ1n) is 6.95. The summed E-state index contributed by atoms with van der Waals surface area (Å²) in [6.45, 7) is 5.44. The second kappa shape index (κ2) is 5.73. The maximum absolute atomic E-state index is 12.6. The van der Waals surface area contributed by atoms with Crippen LogP contribution < -0.4 is 10.6 Å². The minimum absolute atomic E-state index is 0.107. The lowest BCUT2D eigenvalue weighted by molar-refractivity contribution is -0.126. The molecule has 1 aliphatic rings. The summed E-state index contributed by atoms with van der Waals surface area (Å²) >= 11 is 0. The number of amides is 1. The highest BCUT2D eigenvalue weighted by Crippen LogP contribution is 2.35. The Bertz CT molecular complexity index is 563. The van der Waals surface area contributed by atoms with Crippen molar-refractivity contribution < 1.29 is 19.8 Å². The highest BCUT2D eigenvalue weighted by molar-refractivity contribution is 5.97. The fourth-order valence-corrected chi connectivity index (χ4v) is 2.71. The molecule has 0 radical (unpaired) electrons. The smallest absolute Gasteiger partial charge is 0.339 e. The van der Waals surface area contributed by atoms with Crippen molar-refractivity contribution in [2.24, 2.45) is 11.3 Å². The topological polar surface area (TPSA) is 98.7 Å². The minimum Gasteiger partial charge on any atom is -0.507 e. The predicted octanol–water partition coefficient (Wildman–Crippen LogP) is 1.66. The number of aromatic carboxylic acids is 1. The Morgan fingerprint density at radius 1 is 1.38 bits per heavy atom. The lowest BCUT2D eigenvalue weighted by Gasteiger charge is -2.31. The molecular weight excluding hydrogens is 272 g/mol. The van der Waals surface area contributed by atoms with Crippen molar-refractivity contribution in [3.63, 3.8) is 0 Å². The van der Waals surface area contributed by atoms with E-state index in [2.05, 4.69) is 10.6 Å². The van der Waals surface area contributed by atoms with Gasteiger partial charge in [0.25, 0.3) is 0 Å². The summed E-state index contributed by atoms with van der Waals surface area (Å²) in [7, 11) is 0. The van der Waals surface area contributed by atoms with Crippen LogP contribution in [0.4, 0.5) is 5.69 Å². The molecule has 1 aromatic rings. The van der Waals surface area contributed by atoms with Gasteiger partial charge in [0.15, 0.2) is 0 Å². The van der Waals surface area contributed by atoms with Crippen LogP contribution in [0.5, 0.6) is 5.75 Å². The van der Waals surface area contributed by atoms with Crippen LogP contribution in [0.25, 0.3) is 0 Å². The molecule has 1 atom stereocenters. The number of anilines is 1. The Morgan fingerprint density at radius 3 is 2.57 bits per heavy atom. The Hall–Kier alpha value is -2.08. The maximum Gasteiger partial charge on any atom is 0.339 e.